The van der Waals surface area contributed by atoms with Crippen molar-refractivity contribution in [3.63, 3.8) is 0 Å². The van der Waals surface area contributed by atoms with Gasteiger partial charge in [-0.1, -0.05) is 67.4 Å². The summed E-state index contributed by atoms with van der Waals surface area (Å²) in [5.41, 5.74) is 0.875. The van der Waals surface area contributed by atoms with Crippen molar-refractivity contribution in [1.29, 1.82) is 0 Å². The number of alkyl carbamates (subject to hydrolysis) is 1. The number of likely N-dealkylation sites (N-methyl/N-ethyl adjacent to an activating group) is 1. The summed E-state index contributed by atoms with van der Waals surface area (Å²) in [6, 6.07) is 12.4. The fraction of sp³-hybridized carbons (Fsp3) is 0.554. The van der Waals surface area contributed by atoms with Crippen LogP contribution in [-0.4, -0.2) is 169 Å². The maximum Gasteiger partial charge on any atom is 0.409 e. The molecule has 5 N–H and O–H groups in total. The molecule has 426 valence electrons. The summed E-state index contributed by atoms with van der Waals surface area (Å²) >= 11 is 6.81. The summed E-state index contributed by atoms with van der Waals surface area (Å²) in [6.07, 6.45) is -1.51. The lowest BCUT2D eigenvalue weighted by Gasteiger charge is -2.42. The number of ether oxygens (including phenoxy) is 5. The van der Waals surface area contributed by atoms with E-state index in [0.717, 1.165) is 45.7 Å². The number of allylic oxidation sites excluding steroid dienone is 3. The Morgan fingerprint density at radius 3 is 2.42 bits per heavy atom. The Morgan fingerprint density at radius 2 is 1.73 bits per heavy atom. The molecule has 4 bridgehead atoms. The lowest BCUT2D eigenvalue weighted by molar-refractivity contribution is -0.162. The van der Waals surface area contributed by atoms with Crippen LogP contribution >= 0.6 is 11.6 Å². The number of epoxide rings is 1. The molecule has 0 saturated carbocycles. The average Bonchev–Trinajstić information content (AvgIpc) is 4.17. The van der Waals surface area contributed by atoms with Gasteiger partial charge in [0.15, 0.2) is 5.72 Å². The van der Waals surface area contributed by atoms with Crippen molar-refractivity contribution >= 4 is 69.7 Å². The van der Waals surface area contributed by atoms with E-state index in [1.54, 1.807) is 38.1 Å². The number of fused-ring (bicyclic) bond motifs is 6. The van der Waals surface area contributed by atoms with Crippen LogP contribution in [-0.2, 0) is 67.2 Å². The molecule has 3 aliphatic rings. The number of para-hydroxylation sites is 1. The van der Waals surface area contributed by atoms with Crippen LogP contribution in [0.3, 0.4) is 0 Å². The van der Waals surface area contributed by atoms with Crippen molar-refractivity contribution in [2.24, 2.45) is 5.92 Å². The molecule has 21 nitrogen and oxygen atoms in total. The first-order valence-electron chi connectivity index (χ1n) is 26.3. The van der Waals surface area contributed by atoms with Crippen LogP contribution in [0.4, 0.5) is 10.5 Å². The van der Waals surface area contributed by atoms with Gasteiger partial charge in [-0.3, -0.25) is 29.3 Å². The van der Waals surface area contributed by atoms with Gasteiger partial charge in [-0.2, -0.15) is 0 Å². The fourth-order valence-electron chi connectivity index (χ4n) is 9.91. The molecular formula is C56H76ClN7O14. The van der Waals surface area contributed by atoms with Gasteiger partial charge in [0, 0.05) is 90.2 Å². The van der Waals surface area contributed by atoms with Crippen LogP contribution in [0, 0.1) is 5.92 Å². The van der Waals surface area contributed by atoms with Crippen LogP contribution in [0.2, 0.25) is 5.02 Å². The van der Waals surface area contributed by atoms with E-state index in [4.69, 9.17) is 35.3 Å². The van der Waals surface area contributed by atoms with Crippen molar-refractivity contribution in [3.8, 4) is 5.75 Å². The SMILES string of the molecule is CCN(C)Cc1cc2ccccc2n1CCC(=O)CCCNC(=O)C(O)C(=O)NCCC(=O)N(C)C(C)C(=O)O[C@H]1CC(=O)N(C)c2cc(cc(OC)c2Cl)C/C(C)=C/C=C/[C@@H](OC)[C@@]2(O)C[C@H](OC(=O)N2)[C@@H](C)[C@@H]2O[C@]12C. The number of carbonyl (C=O) groups is 7. The molecule has 5 amide bonds. The molecule has 22 heteroatoms. The van der Waals surface area contributed by atoms with Gasteiger partial charge >= 0.3 is 12.1 Å². The number of esters is 1. The fourth-order valence-corrected chi connectivity index (χ4v) is 10.2. The Labute approximate surface area is 460 Å². The molecule has 2 aromatic carbocycles. The summed E-state index contributed by atoms with van der Waals surface area (Å²) < 4.78 is 31.5. The van der Waals surface area contributed by atoms with Gasteiger partial charge in [0.1, 0.15) is 46.5 Å². The minimum absolute atomic E-state index is 0.00661. The van der Waals surface area contributed by atoms with Gasteiger partial charge in [0.25, 0.3) is 11.8 Å². The highest BCUT2D eigenvalue weighted by Crippen LogP contribution is 2.49. The standard InChI is InChI=1S/C56H76ClN7O14/c1-11-61(6)32-38-29-37-17-12-13-19-40(37)64(38)25-22-39(65)18-15-23-58-51(69)49(68)52(70)59-24-21-46(66)62(7)35(4)53(71)77-45-30-47(67)63(8)41-27-36(28-42(74-9)48(41)57)26-33(2)16-14-20-44(75-10)56(73)31-43(76-54(72)60-56)34(3)50-55(45,5)78-50/h12-14,16-17,19-20,27-29,34-35,43-45,49-50,68,73H,11,15,18,21-26,30-32H2,1-10H3,(H,58,69)(H,59,70)(H,60,72)/b20-14+,33-16+/t34-,35?,43+,44-,45+,49?,50+,55-,56+/m1/s1. The quantitative estimate of drug-likeness (QED) is 0.0456. The number of aliphatic hydroxyl groups excluding tert-OH is 1. The third-order valence-corrected chi connectivity index (χ3v) is 15.5. The number of carbonyl (C=O) groups excluding carboxylic acids is 7. The summed E-state index contributed by atoms with van der Waals surface area (Å²) in [7, 11) is 7.78. The number of hydrogen-bond donors (Lipinski definition) is 5. The highest BCUT2D eigenvalue weighted by Gasteiger charge is 2.64. The van der Waals surface area contributed by atoms with Crippen LogP contribution in [0.15, 0.2) is 66.3 Å². The number of aliphatic hydroxyl groups is 2. The van der Waals surface area contributed by atoms with Gasteiger partial charge in [-0.25, -0.2) is 9.59 Å². The highest BCUT2D eigenvalue weighted by atomic mass is 35.5. The highest BCUT2D eigenvalue weighted by molar-refractivity contribution is 6.35. The van der Waals surface area contributed by atoms with Crippen LogP contribution in [0.25, 0.3) is 10.9 Å². The van der Waals surface area contributed by atoms with Gasteiger partial charge < -0.3 is 63.8 Å². The number of halogens is 1. The topological polar surface area (TPSA) is 260 Å². The zero-order valence-corrected chi connectivity index (χ0v) is 47.0. The van der Waals surface area contributed by atoms with Gasteiger partial charge in [-0.05, 0) is 82.4 Å². The monoisotopic (exact) mass is 1110 g/mol. The molecule has 3 aliphatic heterocycles. The van der Waals surface area contributed by atoms with Crippen LogP contribution in [0.1, 0.15) is 84.4 Å². The second-order valence-corrected chi connectivity index (χ2v) is 21.1. The average molecular weight is 1110 g/mol. The second kappa shape index (κ2) is 26.5. The number of anilines is 1. The lowest BCUT2D eigenvalue weighted by Crippen LogP contribution is -2.63. The molecule has 4 heterocycles. The Balaban J connectivity index is 1.04. The molecule has 2 fully saturated rings. The zero-order chi connectivity index (χ0) is 57.2. The lowest BCUT2D eigenvalue weighted by atomic mass is 9.83. The summed E-state index contributed by atoms with van der Waals surface area (Å²) in [6.45, 7) is 10.7. The number of nitrogens with one attached hydrogen (secondary N) is 3. The van der Waals surface area contributed by atoms with E-state index in [-0.39, 0.29) is 43.2 Å². The first-order valence-corrected chi connectivity index (χ1v) is 26.7. The van der Waals surface area contributed by atoms with E-state index in [1.165, 1.54) is 40.1 Å². The van der Waals surface area contributed by atoms with Crippen molar-refractivity contribution in [2.45, 2.75) is 141 Å². The molecule has 2 saturated heterocycles. The Kier molecular flexibility index (Phi) is 20.7. The number of nitrogens with zero attached hydrogens (tertiary/aromatic N) is 4. The van der Waals surface area contributed by atoms with Crippen molar-refractivity contribution in [2.75, 3.05) is 59.9 Å². The van der Waals surface area contributed by atoms with Crippen LogP contribution < -0.4 is 25.6 Å². The Morgan fingerprint density at radius 1 is 1.03 bits per heavy atom. The largest absolute Gasteiger partial charge is 0.495 e. The van der Waals surface area contributed by atoms with E-state index in [2.05, 4.69) is 38.4 Å². The number of methoxy groups -OCH3 is 2. The van der Waals surface area contributed by atoms with E-state index >= 15 is 0 Å². The first-order chi connectivity index (χ1) is 36.9. The minimum Gasteiger partial charge on any atom is -0.495 e. The summed E-state index contributed by atoms with van der Waals surface area (Å²) in [4.78, 5) is 97.8. The third-order valence-electron chi connectivity index (χ3n) is 15.1. The van der Waals surface area contributed by atoms with Gasteiger partial charge in [-0.15, -0.1) is 0 Å². The van der Waals surface area contributed by atoms with Gasteiger partial charge in [0.05, 0.1) is 25.3 Å². The molecule has 0 spiro atoms. The van der Waals surface area contributed by atoms with Crippen molar-refractivity contribution < 1.29 is 67.5 Å². The zero-order valence-electron chi connectivity index (χ0n) is 46.3. The molecule has 1 aromatic heterocycles. The van der Waals surface area contributed by atoms with E-state index in [0.29, 0.717) is 37.2 Å². The normalized spacial score (nSPS) is 25.3. The van der Waals surface area contributed by atoms with Gasteiger partial charge in [0.2, 0.25) is 17.9 Å². The number of rotatable bonds is 20. The Hall–Kier alpha value is -6.36. The maximum absolute atomic E-state index is 14.4. The third kappa shape index (κ3) is 14.7. The smallest absolute Gasteiger partial charge is 0.409 e. The Bertz CT molecular complexity index is 2770. The second-order valence-electron chi connectivity index (χ2n) is 20.7. The van der Waals surface area contributed by atoms with E-state index in [1.807, 2.05) is 44.3 Å². The summed E-state index contributed by atoms with van der Waals surface area (Å²) in [5.74, 6) is -4.35. The first kappa shape index (κ1) is 60.9. The molecule has 78 heavy (non-hydrogen) atoms. The predicted octanol–water partition coefficient (Wildman–Crippen LogP) is 4.34. The maximum atomic E-state index is 14.4. The number of aromatic nitrogens is 1. The van der Waals surface area contributed by atoms with E-state index < -0.39 is 95.9 Å². The van der Waals surface area contributed by atoms with Crippen LogP contribution in [0.5, 0.6) is 5.75 Å². The molecular weight excluding hydrogens is 1030 g/mol. The minimum atomic E-state index is -2.09. The van der Waals surface area contributed by atoms with E-state index in [9.17, 15) is 43.8 Å². The molecule has 3 aromatic rings. The molecule has 6 rings (SSSR count). The summed E-state index contributed by atoms with van der Waals surface area (Å²) in [5, 5.41) is 30.9. The molecule has 0 aliphatic carbocycles. The molecule has 2 unspecified atom stereocenters. The number of amides is 5. The van der Waals surface area contributed by atoms with Crippen molar-refractivity contribution in [1.82, 2.24) is 30.3 Å². The molecule has 9 atom stereocenters. The van der Waals surface area contributed by atoms with Crippen molar-refractivity contribution in [3.05, 3.63) is 82.5 Å². The molecule has 0 radical (unpaired) electrons. The number of hydrogen-bond acceptors (Lipinski definition) is 15. The predicted molar refractivity (Wildman–Crippen MR) is 290 cm³/mol. The number of Topliss-reactive ketones (excluding diaryl/α,β-unsaturated/α-hetero) is 1. The number of benzene rings is 2. The number of aryl methyl sites for hydroxylation is 1. The number of ketones is 1.